The van der Waals surface area contributed by atoms with Crippen molar-refractivity contribution < 1.29 is 14.3 Å². The van der Waals surface area contributed by atoms with E-state index in [4.69, 9.17) is 0 Å². The number of urea groups is 1. The molecule has 0 aliphatic heterocycles. The van der Waals surface area contributed by atoms with Gasteiger partial charge in [-0.3, -0.25) is 0 Å². The summed E-state index contributed by atoms with van der Waals surface area (Å²) < 4.78 is 4.64. The van der Waals surface area contributed by atoms with E-state index in [-0.39, 0.29) is 12.1 Å². The number of aryl methyl sites for hydroxylation is 2. The Labute approximate surface area is 142 Å². The van der Waals surface area contributed by atoms with Crippen LogP contribution in [0.2, 0.25) is 0 Å². The third kappa shape index (κ3) is 4.35. The second-order valence-electron chi connectivity index (χ2n) is 5.73. The van der Waals surface area contributed by atoms with E-state index in [2.05, 4.69) is 35.3 Å². The highest BCUT2D eigenvalue weighted by Gasteiger charge is 2.11. The van der Waals surface area contributed by atoms with Gasteiger partial charge in [-0.25, -0.2) is 9.59 Å². The van der Waals surface area contributed by atoms with Gasteiger partial charge in [0, 0.05) is 5.69 Å². The van der Waals surface area contributed by atoms with E-state index in [1.165, 1.54) is 18.2 Å². The van der Waals surface area contributed by atoms with Crippen molar-refractivity contribution in [3.8, 4) is 0 Å². The second kappa shape index (κ2) is 7.64. The zero-order chi connectivity index (χ0) is 17.7. The molecule has 5 heteroatoms. The monoisotopic (exact) mass is 326 g/mol. The van der Waals surface area contributed by atoms with Crippen LogP contribution >= 0.6 is 0 Å². The van der Waals surface area contributed by atoms with Crippen LogP contribution in [0.25, 0.3) is 0 Å². The van der Waals surface area contributed by atoms with E-state index in [0.29, 0.717) is 11.3 Å². The predicted molar refractivity (Wildman–Crippen MR) is 94.3 cm³/mol. The Kier molecular flexibility index (Phi) is 5.58. The number of hydrogen-bond acceptors (Lipinski definition) is 3. The minimum atomic E-state index is -0.408. The molecule has 2 amide bonds. The zero-order valence-electron chi connectivity index (χ0n) is 14.3. The lowest BCUT2D eigenvalue weighted by Gasteiger charge is -2.16. The third-order valence-corrected chi connectivity index (χ3v) is 3.94. The summed E-state index contributed by atoms with van der Waals surface area (Å²) in [6.45, 7) is 6.04. The molecule has 2 rings (SSSR count). The Morgan fingerprint density at radius 1 is 1.00 bits per heavy atom. The molecule has 0 aromatic heterocycles. The maximum atomic E-state index is 12.1. The summed E-state index contributed by atoms with van der Waals surface area (Å²) >= 11 is 0. The van der Waals surface area contributed by atoms with Crippen LogP contribution in [0, 0.1) is 13.8 Å². The van der Waals surface area contributed by atoms with E-state index < -0.39 is 5.97 Å². The normalized spacial score (nSPS) is 11.5. The lowest BCUT2D eigenvalue weighted by atomic mass is 10.0. The van der Waals surface area contributed by atoms with Crippen molar-refractivity contribution in [1.82, 2.24) is 5.32 Å². The molecule has 0 bridgehead atoms. The van der Waals surface area contributed by atoms with Gasteiger partial charge in [0.1, 0.15) is 0 Å². The Bertz CT molecular complexity index is 739. The molecule has 0 fully saturated rings. The lowest BCUT2D eigenvalue weighted by Crippen LogP contribution is -2.31. The predicted octanol–water partition coefficient (Wildman–Crippen LogP) is 3.97. The molecule has 0 aliphatic carbocycles. The fourth-order valence-corrected chi connectivity index (χ4v) is 2.29. The van der Waals surface area contributed by atoms with Crippen LogP contribution in [-0.2, 0) is 4.74 Å². The molecule has 1 atom stereocenters. The number of benzene rings is 2. The van der Waals surface area contributed by atoms with Gasteiger partial charge in [0.05, 0.1) is 18.7 Å². The minimum Gasteiger partial charge on any atom is -0.465 e. The van der Waals surface area contributed by atoms with Crippen molar-refractivity contribution in [3.05, 3.63) is 64.7 Å². The third-order valence-electron chi connectivity index (χ3n) is 3.94. The van der Waals surface area contributed by atoms with E-state index in [1.54, 1.807) is 24.3 Å². The maximum absolute atomic E-state index is 12.1. The number of anilines is 1. The molecule has 24 heavy (non-hydrogen) atoms. The van der Waals surface area contributed by atoms with E-state index >= 15 is 0 Å². The van der Waals surface area contributed by atoms with Gasteiger partial charge in [0.25, 0.3) is 0 Å². The summed E-state index contributed by atoms with van der Waals surface area (Å²) in [7, 11) is 1.33. The van der Waals surface area contributed by atoms with Crippen molar-refractivity contribution in [3.63, 3.8) is 0 Å². The van der Waals surface area contributed by atoms with Crippen LogP contribution in [0.4, 0.5) is 10.5 Å². The Hall–Kier alpha value is -2.82. The van der Waals surface area contributed by atoms with Crippen LogP contribution in [0.15, 0.2) is 42.5 Å². The minimum absolute atomic E-state index is 0.112. The highest BCUT2D eigenvalue weighted by atomic mass is 16.5. The molecule has 2 N–H and O–H groups in total. The highest BCUT2D eigenvalue weighted by molar-refractivity contribution is 5.92. The van der Waals surface area contributed by atoms with E-state index in [0.717, 1.165) is 5.56 Å². The Morgan fingerprint density at radius 3 is 2.25 bits per heavy atom. The standard InChI is InChI=1S/C19H22N2O3/c1-12-5-6-16(11-13(12)2)14(3)20-19(23)21-17-9-7-15(8-10-17)18(22)24-4/h5-11,14H,1-4H3,(H2,20,21,23). The SMILES string of the molecule is COC(=O)c1ccc(NC(=O)NC(C)c2ccc(C)c(C)c2)cc1. The van der Waals surface area contributed by atoms with Gasteiger partial charge in [-0.15, -0.1) is 0 Å². The van der Waals surface area contributed by atoms with Gasteiger partial charge < -0.3 is 15.4 Å². The second-order valence-corrected chi connectivity index (χ2v) is 5.73. The number of esters is 1. The Morgan fingerprint density at radius 2 is 1.67 bits per heavy atom. The van der Waals surface area contributed by atoms with Gasteiger partial charge in [-0.1, -0.05) is 18.2 Å². The molecule has 1 unspecified atom stereocenters. The lowest BCUT2D eigenvalue weighted by molar-refractivity contribution is 0.0601. The summed E-state index contributed by atoms with van der Waals surface area (Å²) in [6.07, 6.45) is 0. The first-order valence-electron chi connectivity index (χ1n) is 7.73. The highest BCUT2D eigenvalue weighted by Crippen LogP contribution is 2.17. The van der Waals surface area contributed by atoms with Gasteiger partial charge >= 0.3 is 12.0 Å². The largest absolute Gasteiger partial charge is 0.465 e. The molecular formula is C19H22N2O3. The topological polar surface area (TPSA) is 67.4 Å². The maximum Gasteiger partial charge on any atom is 0.337 e. The van der Waals surface area contributed by atoms with Crippen LogP contribution in [0.3, 0.4) is 0 Å². The first-order valence-corrected chi connectivity index (χ1v) is 7.73. The number of carbonyl (C=O) groups excluding carboxylic acids is 2. The number of carbonyl (C=O) groups is 2. The van der Waals surface area contributed by atoms with Crippen LogP contribution in [0.1, 0.15) is 40.0 Å². The van der Waals surface area contributed by atoms with Gasteiger partial charge in [0.15, 0.2) is 0 Å². The van der Waals surface area contributed by atoms with E-state index in [9.17, 15) is 9.59 Å². The molecule has 0 radical (unpaired) electrons. The average molecular weight is 326 g/mol. The number of ether oxygens (including phenoxy) is 1. The van der Waals surface area contributed by atoms with Crippen molar-refractivity contribution >= 4 is 17.7 Å². The number of methoxy groups -OCH3 is 1. The van der Waals surface area contributed by atoms with E-state index in [1.807, 2.05) is 19.1 Å². The first kappa shape index (κ1) is 17.5. The summed E-state index contributed by atoms with van der Waals surface area (Å²) in [5.74, 6) is -0.408. The van der Waals surface area contributed by atoms with Crippen LogP contribution in [0.5, 0.6) is 0 Å². The molecule has 5 nitrogen and oxygen atoms in total. The summed E-state index contributed by atoms with van der Waals surface area (Å²) in [6, 6.07) is 12.3. The van der Waals surface area contributed by atoms with Crippen molar-refractivity contribution in [2.75, 3.05) is 12.4 Å². The quantitative estimate of drug-likeness (QED) is 0.835. The smallest absolute Gasteiger partial charge is 0.337 e. The number of hydrogen-bond donors (Lipinski definition) is 2. The van der Waals surface area contributed by atoms with Crippen LogP contribution in [-0.4, -0.2) is 19.1 Å². The fraction of sp³-hybridized carbons (Fsp3) is 0.263. The molecule has 2 aromatic carbocycles. The van der Waals surface area contributed by atoms with Crippen molar-refractivity contribution in [1.29, 1.82) is 0 Å². The Balaban J connectivity index is 1.97. The van der Waals surface area contributed by atoms with Gasteiger partial charge in [0.2, 0.25) is 0 Å². The molecule has 0 saturated carbocycles. The van der Waals surface area contributed by atoms with Gasteiger partial charge in [-0.05, 0) is 61.7 Å². The summed E-state index contributed by atoms with van der Waals surface area (Å²) in [4.78, 5) is 23.5. The first-order chi connectivity index (χ1) is 11.4. The zero-order valence-corrected chi connectivity index (χ0v) is 14.3. The molecule has 0 saturated heterocycles. The molecule has 0 aliphatic rings. The molecule has 2 aromatic rings. The van der Waals surface area contributed by atoms with Crippen molar-refractivity contribution in [2.24, 2.45) is 0 Å². The molecule has 126 valence electrons. The number of amides is 2. The molecule has 0 spiro atoms. The fourth-order valence-electron chi connectivity index (χ4n) is 2.29. The van der Waals surface area contributed by atoms with Gasteiger partial charge in [-0.2, -0.15) is 0 Å². The number of nitrogens with one attached hydrogen (secondary N) is 2. The average Bonchev–Trinajstić information content (AvgIpc) is 2.57. The summed E-state index contributed by atoms with van der Waals surface area (Å²) in [5.41, 5.74) is 4.51. The van der Waals surface area contributed by atoms with Crippen LogP contribution < -0.4 is 10.6 Å². The molecular weight excluding hydrogens is 304 g/mol. The van der Waals surface area contributed by atoms with Crippen molar-refractivity contribution in [2.45, 2.75) is 26.8 Å². The number of rotatable bonds is 4. The molecule has 0 heterocycles. The summed E-state index contributed by atoms with van der Waals surface area (Å²) in [5, 5.41) is 5.65.